The van der Waals surface area contributed by atoms with Crippen molar-refractivity contribution >= 4 is 21.2 Å². The maximum absolute atomic E-state index is 11.5. The maximum Gasteiger partial charge on any atom is 0.175 e. The summed E-state index contributed by atoms with van der Waals surface area (Å²) in [5, 5.41) is 0. The van der Waals surface area contributed by atoms with E-state index in [1.165, 1.54) is 6.26 Å². The summed E-state index contributed by atoms with van der Waals surface area (Å²) in [5.74, 6) is 0.511. The average molecular weight is 284 g/mol. The molecule has 5 heteroatoms. The zero-order chi connectivity index (χ0) is 14.8. The fraction of sp³-hybridized carbons (Fsp3) is 0.571. The van der Waals surface area contributed by atoms with Crippen LogP contribution in [0.15, 0.2) is 23.1 Å². The molecule has 0 bridgehead atoms. The monoisotopic (exact) mass is 284 g/mol. The van der Waals surface area contributed by atoms with Crippen molar-refractivity contribution in [1.29, 1.82) is 0 Å². The summed E-state index contributed by atoms with van der Waals surface area (Å²) in [6.45, 7) is 9.39. The van der Waals surface area contributed by atoms with Gasteiger partial charge in [-0.15, -0.1) is 0 Å². The minimum Gasteiger partial charge on any atom is -0.397 e. The average Bonchev–Trinajstić information content (AvgIpc) is 2.24. The first-order valence-corrected chi connectivity index (χ1v) is 8.38. The largest absolute Gasteiger partial charge is 0.397 e. The van der Waals surface area contributed by atoms with Gasteiger partial charge in [0.25, 0.3) is 0 Å². The number of rotatable bonds is 5. The van der Waals surface area contributed by atoms with Gasteiger partial charge < -0.3 is 10.6 Å². The van der Waals surface area contributed by atoms with E-state index in [4.69, 9.17) is 5.73 Å². The number of hydrogen-bond donors (Lipinski definition) is 1. The topological polar surface area (TPSA) is 63.4 Å². The highest BCUT2D eigenvalue weighted by atomic mass is 32.2. The Labute approximate surface area is 116 Å². The van der Waals surface area contributed by atoms with Gasteiger partial charge in [-0.25, -0.2) is 8.42 Å². The number of nitrogens with zero attached hydrogens (tertiary/aromatic N) is 1. The molecule has 0 heterocycles. The van der Waals surface area contributed by atoms with Gasteiger partial charge in [0.1, 0.15) is 0 Å². The number of benzene rings is 1. The first-order valence-electron chi connectivity index (χ1n) is 6.49. The van der Waals surface area contributed by atoms with Crippen LogP contribution in [0.3, 0.4) is 0 Å². The van der Waals surface area contributed by atoms with E-state index in [1.807, 2.05) is 0 Å². The Morgan fingerprint density at radius 2 is 1.79 bits per heavy atom. The van der Waals surface area contributed by atoms with E-state index < -0.39 is 9.84 Å². The smallest absolute Gasteiger partial charge is 0.175 e. The van der Waals surface area contributed by atoms with Crippen molar-refractivity contribution < 1.29 is 8.42 Å². The third kappa shape index (κ3) is 4.13. The second kappa shape index (κ2) is 5.82. The van der Waals surface area contributed by atoms with Crippen LogP contribution in [0.4, 0.5) is 11.4 Å². The van der Waals surface area contributed by atoms with E-state index in [9.17, 15) is 8.42 Å². The van der Waals surface area contributed by atoms with Crippen LogP contribution in [0.1, 0.15) is 27.7 Å². The standard InChI is InChI=1S/C14H24N2O2S/c1-10(2)9-16(11(3)4)14-7-6-12(8-13(14)15)19(5,17)18/h6-8,10-11H,9,15H2,1-5H3. The lowest BCUT2D eigenvalue weighted by Gasteiger charge is -2.31. The summed E-state index contributed by atoms with van der Waals surface area (Å²) in [4.78, 5) is 2.47. The number of sulfone groups is 1. The molecule has 1 aromatic rings. The lowest BCUT2D eigenvalue weighted by molar-refractivity contribution is 0.571. The molecule has 0 atom stereocenters. The first kappa shape index (κ1) is 15.8. The summed E-state index contributed by atoms with van der Waals surface area (Å²) >= 11 is 0. The molecule has 0 fully saturated rings. The summed E-state index contributed by atoms with van der Waals surface area (Å²) in [7, 11) is -3.21. The Bertz CT molecular complexity index is 536. The molecule has 0 amide bonds. The molecule has 0 aliphatic rings. The van der Waals surface area contributed by atoms with Gasteiger partial charge >= 0.3 is 0 Å². The molecule has 2 N–H and O–H groups in total. The fourth-order valence-electron chi connectivity index (χ4n) is 2.01. The molecule has 108 valence electrons. The lowest BCUT2D eigenvalue weighted by atomic mass is 10.1. The molecule has 1 aromatic carbocycles. The summed E-state index contributed by atoms with van der Waals surface area (Å²) < 4.78 is 23.0. The molecule has 0 saturated carbocycles. The van der Waals surface area contributed by atoms with E-state index in [0.717, 1.165) is 12.2 Å². The van der Waals surface area contributed by atoms with Gasteiger partial charge in [-0.05, 0) is 38.0 Å². The van der Waals surface area contributed by atoms with Crippen LogP contribution < -0.4 is 10.6 Å². The molecule has 0 aromatic heterocycles. The van der Waals surface area contributed by atoms with Gasteiger partial charge in [0.05, 0.1) is 16.3 Å². The quantitative estimate of drug-likeness (QED) is 0.844. The van der Waals surface area contributed by atoms with Crippen LogP contribution in [0, 0.1) is 5.92 Å². The molecule has 0 spiro atoms. The Morgan fingerprint density at radius 1 is 1.21 bits per heavy atom. The molecule has 4 nitrogen and oxygen atoms in total. The van der Waals surface area contributed by atoms with Gasteiger partial charge in [0.15, 0.2) is 9.84 Å². The molecule has 0 saturated heterocycles. The van der Waals surface area contributed by atoms with Crippen LogP contribution in [0.2, 0.25) is 0 Å². The summed E-state index contributed by atoms with van der Waals surface area (Å²) in [6, 6.07) is 5.28. The molecule has 0 aliphatic carbocycles. The molecule has 19 heavy (non-hydrogen) atoms. The third-order valence-electron chi connectivity index (χ3n) is 2.92. The van der Waals surface area contributed by atoms with Gasteiger partial charge in [-0.1, -0.05) is 13.8 Å². The second-order valence-corrected chi connectivity index (χ2v) is 7.65. The minimum atomic E-state index is -3.21. The van der Waals surface area contributed by atoms with E-state index >= 15 is 0 Å². The summed E-state index contributed by atoms with van der Waals surface area (Å²) in [5.41, 5.74) is 7.44. The lowest BCUT2D eigenvalue weighted by Crippen LogP contribution is -2.34. The van der Waals surface area contributed by atoms with Crippen LogP contribution in [0.25, 0.3) is 0 Å². The van der Waals surface area contributed by atoms with E-state index in [2.05, 4.69) is 32.6 Å². The van der Waals surface area contributed by atoms with Gasteiger partial charge in [0.2, 0.25) is 0 Å². The SMILES string of the molecule is CC(C)CN(c1ccc(S(C)(=O)=O)cc1N)C(C)C. The highest BCUT2D eigenvalue weighted by Crippen LogP contribution is 2.28. The number of anilines is 2. The molecule has 1 rings (SSSR count). The maximum atomic E-state index is 11.5. The Morgan fingerprint density at radius 3 is 2.16 bits per heavy atom. The summed E-state index contributed by atoms with van der Waals surface area (Å²) in [6.07, 6.45) is 1.19. The number of hydrogen-bond acceptors (Lipinski definition) is 4. The number of nitrogen functional groups attached to an aromatic ring is 1. The second-order valence-electron chi connectivity index (χ2n) is 5.63. The van der Waals surface area contributed by atoms with Crippen LogP contribution in [-0.4, -0.2) is 27.3 Å². The van der Waals surface area contributed by atoms with Crippen LogP contribution >= 0.6 is 0 Å². The Kier molecular flexibility index (Phi) is 4.85. The Hall–Kier alpha value is -1.23. The van der Waals surface area contributed by atoms with Gasteiger partial charge in [-0.2, -0.15) is 0 Å². The molecule has 0 unspecified atom stereocenters. The molecular formula is C14H24N2O2S. The van der Waals surface area contributed by atoms with Crippen LogP contribution in [-0.2, 0) is 9.84 Å². The predicted octanol–water partition coefficient (Wildman–Crippen LogP) is 2.54. The van der Waals surface area contributed by atoms with E-state index in [1.54, 1.807) is 18.2 Å². The Balaban J connectivity index is 3.19. The van der Waals surface area contributed by atoms with Crippen molar-refractivity contribution in [2.75, 3.05) is 23.4 Å². The van der Waals surface area contributed by atoms with Crippen molar-refractivity contribution in [3.8, 4) is 0 Å². The van der Waals surface area contributed by atoms with Gasteiger partial charge in [-0.3, -0.25) is 0 Å². The normalized spacial score (nSPS) is 12.2. The fourth-order valence-corrected chi connectivity index (χ4v) is 2.66. The van der Waals surface area contributed by atoms with Crippen molar-refractivity contribution in [2.45, 2.75) is 38.6 Å². The highest BCUT2D eigenvalue weighted by Gasteiger charge is 2.17. The van der Waals surface area contributed by atoms with Crippen molar-refractivity contribution in [1.82, 2.24) is 0 Å². The van der Waals surface area contributed by atoms with Gasteiger partial charge in [0, 0.05) is 18.8 Å². The number of nitrogens with two attached hydrogens (primary N) is 1. The zero-order valence-electron chi connectivity index (χ0n) is 12.3. The zero-order valence-corrected chi connectivity index (χ0v) is 13.2. The molecular weight excluding hydrogens is 260 g/mol. The third-order valence-corrected chi connectivity index (χ3v) is 4.03. The van der Waals surface area contributed by atoms with E-state index in [0.29, 0.717) is 17.6 Å². The van der Waals surface area contributed by atoms with E-state index in [-0.39, 0.29) is 4.90 Å². The van der Waals surface area contributed by atoms with Crippen LogP contribution in [0.5, 0.6) is 0 Å². The highest BCUT2D eigenvalue weighted by molar-refractivity contribution is 7.90. The minimum absolute atomic E-state index is 0.266. The van der Waals surface area contributed by atoms with Crippen molar-refractivity contribution in [3.63, 3.8) is 0 Å². The van der Waals surface area contributed by atoms with Crippen molar-refractivity contribution in [2.24, 2.45) is 5.92 Å². The van der Waals surface area contributed by atoms with Crippen molar-refractivity contribution in [3.05, 3.63) is 18.2 Å². The molecule has 0 radical (unpaired) electrons. The first-order chi connectivity index (χ1) is 8.62. The predicted molar refractivity (Wildman–Crippen MR) is 81.3 cm³/mol. The molecule has 0 aliphatic heterocycles.